The maximum atomic E-state index is 8.00. The first kappa shape index (κ1) is 14.2. The Balaban J connectivity index is 0. The number of nitrogens with zero attached hydrogens (tertiary/aromatic N) is 1. The van der Waals surface area contributed by atoms with E-state index in [1.165, 1.54) is 37.1 Å². The summed E-state index contributed by atoms with van der Waals surface area (Å²) in [6.07, 6.45) is 1.32. The molecule has 0 atom stereocenters. The van der Waals surface area contributed by atoms with Crippen LogP contribution in [-0.4, -0.2) is 37.5 Å². The molecule has 0 bridgehead atoms. The van der Waals surface area contributed by atoms with Crippen molar-refractivity contribution in [2.24, 2.45) is 0 Å². The zero-order valence-electron chi connectivity index (χ0n) is 9.10. The van der Waals surface area contributed by atoms with Gasteiger partial charge in [0.05, 0.1) is 26.2 Å². The molecule has 0 aliphatic carbocycles. The van der Waals surface area contributed by atoms with Crippen molar-refractivity contribution in [3.05, 3.63) is 0 Å². The maximum Gasteiger partial charge on any atom is 0.106 e. The van der Waals surface area contributed by atoms with E-state index in [1.807, 2.05) is 6.79 Å². The molecule has 2 nitrogen and oxygen atoms in total. The average molecular weight is 174 g/mol. The molecular weight excluding hydrogens is 150 g/mol. The van der Waals surface area contributed by atoms with Crippen molar-refractivity contribution >= 4 is 6.79 Å². The van der Waals surface area contributed by atoms with Gasteiger partial charge in [-0.2, -0.15) is 0 Å². The molecule has 0 heterocycles. The van der Waals surface area contributed by atoms with E-state index in [9.17, 15) is 0 Å². The normalized spacial score (nSPS) is 10.3. The molecule has 0 aromatic heterocycles. The molecule has 0 rings (SSSR count). The molecule has 0 fully saturated rings. The zero-order chi connectivity index (χ0) is 10.0. The van der Waals surface area contributed by atoms with Crippen molar-refractivity contribution in [1.29, 1.82) is 0 Å². The van der Waals surface area contributed by atoms with Gasteiger partial charge >= 0.3 is 0 Å². The van der Waals surface area contributed by atoms with Gasteiger partial charge in [0.15, 0.2) is 0 Å². The highest BCUT2D eigenvalue weighted by atomic mass is 16.1. The van der Waals surface area contributed by atoms with Gasteiger partial charge in [0.25, 0.3) is 0 Å². The molecule has 0 N–H and O–H groups in total. The standard InChI is InChI=1S/C9H22N.CH2O/c1-5-9-10(6-2,7-3)8-4;1-2/h5-9H2,1-4H3;1H2/q+1;. The Hall–Kier alpha value is -0.370. The predicted molar refractivity (Wildman–Crippen MR) is 54.2 cm³/mol. The third kappa shape index (κ3) is 4.50. The first-order valence-corrected chi connectivity index (χ1v) is 4.88. The minimum absolute atomic E-state index is 1.29. The van der Waals surface area contributed by atoms with Gasteiger partial charge < -0.3 is 9.28 Å². The summed E-state index contributed by atoms with van der Waals surface area (Å²) < 4.78 is 1.30. The number of carbonyl (C=O) groups excluding carboxylic acids is 1. The van der Waals surface area contributed by atoms with Crippen LogP contribution in [0.5, 0.6) is 0 Å². The minimum Gasteiger partial charge on any atom is -0.324 e. The summed E-state index contributed by atoms with van der Waals surface area (Å²) >= 11 is 0. The van der Waals surface area contributed by atoms with Crippen LogP contribution >= 0.6 is 0 Å². The lowest BCUT2D eigenvalue weighted by Gasteiger charge is -2.35. The molecule has 0 aromatic carbocycles. The summed E-state index contributed by atoms with van der Waals surface area (Å²) in [5, 5.41) is 0. The summed E-state index contributed by atoms with van der Waals surface area (Å²) in [6.45, 7) is 16.4. The van der Waals surface area contributed by atoms with Gasteiger partial charge in [-0.15, -0.1) is 0 Å². The molecule has 0 spiro atoms. The molecule has 0 aliphatic heterocycles. The van der Waals surface area contributed by atoms with Crippen LogP contribution in [0.3, 0.4) is 0 Å². The lowest BCUT2D eigenvalue weighted by Crippen LogP contribution is -2.47. The topological polar surface area (TPSA) is 17.1 Å². The first-order valence-electron chi connectivity index (χ1n) is 4.88. The molecule has 12 heavy (non-hydrogen) atoms. The Morgan fingerprint density at radius 2 is 1.25 bits per heavy atom. The lowest BCUT2D eigenvalue weighted by atomic mass is 10.3. The summed E-state index contributed by atoms with van der Waals surface area (Å²) in [6, 6.07) is 0. The van der Waals surface area contributed by atoms with Crippen LogP contribution in [0.15, 0.2) is 0 Å². The fourth-order valence-corrected chi connectivity index (χ4v) is 1.62. The Labute approximate surface area is 77.2 Å². The van der Waals surface area contributed by atoms with Gasteiger partial charge in [-0.3, -0.25) is 0 Å². The van der Waals surface area contributed by atoms with E-state index in [0.717, 1.165) is 0 Å². The number of carbonyl (C=O) groups is 1. The second kappa shape index (κ2) is 8.72. The minimum atomic E-state index is 1.29. The Kier molecular flexibility index (Phi) is 10.3. The zero-order valence-corrected chi connectivity index (χ0v) is 9.10. The molecule has 0 saturated heterocycles. The van der Waals surface area contributed by atoms with Gasteiger partial charge in [-0.05, 0) is 27.2 Å². The molecule has 0 radical (unpaired) electrons. The van der Waals surface area contributed by atoms with E-state index in [1.54, 1.807) is 0 Å². The highest BCUT2D eigenvalue weighted by Gasteiger charge is 2.17. The molecule has 0 aromatic rings. The monoisotopic (exact) mass is 174 g/mol. The number of hydrogen-bond acceptors (Lipinski definition) is 1. The molecule has 0 aliphatic rings. The highest BCUT2D eigenvalue weighted by Crippen LogP contribution is 2.06. The second-order valence-corrected chi connectivity index (χ2v) is 3.01. The largest absolute Gasteiger partial charge is 0.324 e. The van der Waals surface area contributed by atoms with Crippen molar-refractivity contribution in [3.63, 3.8) is 0 Å². The summed E-state index contributed by atoms with van der Waals surface area (Å²) in [7, 11) is 0. The van der Waals surface area contributed by atoms with Crippen molar-refractivity contribution < 1.29 is 9.28 Å². The van der Waals surface area contributed by atoms with Crippen LogP contribution in [0.1, 0.15) is 34.1 Å². The smallest absolute Gasteiger partial charge is 0.106 e. The van der Waals surface area contributed by atoms with Crippen LogP contribution in [0.2, 0.25) is 0 Å². The van der Waals surface area contributed by atoms with Gasteiger partial charge in [0, 0.05) is 0 Å². The molecule has 2 heteroatoms. The summed E-state index contributed by atoms with van der Waals surface area (Å²) in [5.74, 6) is 0. The van der Waals surface area contributed by atoms with Gasteiger partial charge in [0.2, 0.25) is 0 Å². The maximum absolute atomic E-state index is 8.00. The van der Waals surface area contributed by atoms with E-state index >= 15 is 0 Å². The van der Waals surface area contributed by atoms with Gasteiger partial charge in [-0.1, -0.05) is 6.92 Å². The van der Waals surface area contributed by atoms with Crippen LogP contribution < -0.4 is 0 Å². The van der Waals surface area contributed by atoms with Gasteiger partial charge in [0.1, 0.15) is 6.79 Å². The molecule has 0 amide bonds. The van der Waals surface area contributed by atoms with Gasteiger partial charge in [-0.25, -0.2) is 0 Å². The van der Waals surface area contributed by atoms with E-state index in [-0.39, 0.29) is 0 Å². The van der Waals surface area contributed by atoms with Crippen molar-refractivity contribution in [3.8, 4) is 0 Å². The van der Waals surface area contributed by atoms with E-state index in [4.69, 9.17) is 4.79 Å². The molecule has 0 unspecified atom stereocenters. The quantitative estimate of drug-likeness (QED) is 0.583. The van der Waals surface area contributed by atoms with Crippen molar-refractivity contribution in [2.75, 3.05) is 26.2 Å². The fraction of sp³-hybridized carbons (Fsp3) is 0.900. The second-order valence-electron chi connectivity index (χ2n) is 3.01. The predicted octanol–water partition coefficient (Wildman–Crippen LogP) is 2.09. The Morgan fingerprint density at radius 1 is 0.917 bits per heavy atom. The van der Waals surface area contributed by atoms with Crippen molar-refractivity contribution in [1.82, 2.24) is 0 Å². The average Bonchev–Trinajstić information content (AvgIpc) is 2.18. The lowest BCUT2D eigenvalue weighted by molar-refractivity contribution is -0.923. The van der Waals surface area contributed by atoms with E-state index in [2.05, 4.69) is 27.7 Å². The molecule has 0 saturated carbocycles. The van der Waals surface area contributed by atoms with E-state index in [0.29, 0.717) is 0 Å². The fourth-order valence-electron chi connectivity index (χ4n) is 1.62. The third-order valence-corrected chi connectivity index (χ3v) is 2.71. The number of rotatable bonds is 5. The third-order valence-electron chi connectivity index (χ3n) is 2.71. The van der Waals surface area contributed by atoms with Crippen LogP contribution in [-0.2, 0) is 4.79 Å². The van der Waals surface area contributed by atoms with Crippen LogP contribution in [0.4, 0.5) is 0 Å². The molecule has 74 valence electrons. The summed E-state index contributed by atoms with van der Waals surface area (Å²) in [4.78, 5) is 8.00. The number of hydrogen-bond donors (Lipinski definition) is 0. The summed E-state index contributed by atoms with van der Waals surface area (Å²) in [5.41, 5.74) is 0. The van der Waals surface area contributed by atoms with Crippen LogP contribution in [0, 0.1) is 0 Å². The first-order chi connectivity index (χ1) is 5.74. The highest BCUT2D eigenvalue weighted by molar-refractivity contribution is 5.10. The Bertz CT molecular complexity index is 81.6. The number of quaternary nitrogens is 1. The van der Waals surface area contributed by atoms with E-state index < -0.39 is 0 Å². The Morgan fingerprint density at radius 3 is 1.33 bits per heavy atom. The molecular formula is C10H24NO+. The SMILES string of the molecule is C=O.CCC[N+](CC)(CC)CC. The van der Waals surface area contributed by atoms with Crippen molar-refractivity contribution in [2.45, 2.75) is 34.1 Å². The van der Waals surface area contributed by atoms with Crippen LogP contribution in [0.25, 0.3) is 0 Å².